The molecule has 0 amide bonds. The smallest absolute Gasteiger partial charge is 0.0836 e. The van der Waals surface area contributed by atoms with E-state index in [1.807, 2.05) is 19.1 Å². The molecule has 2 rings (SSSR count). The summed E-state index contributed by atoms with van der Waals surface area (Å²) in [4.78, 5) is 0. The zero-order valence-electron chi connectivity index (χ0n) is 9.62. The molecule has 1 aliphatic rings. The van der Waals surface area contributed by atoms with Crippen molar-refractivity contribution in [2.45, 2.75) is 39.0 Å². The minimum atomic E-state index is -0.688. The van der Waals surface area contributed by atoms with Gasteiger partial charge in [-0.15, -0.1) is 0 Å². The molecule has 0 fully saturated rings. The summed E-state index contributed by atoms with van der Waals surface area (Å²) in [5.74, 6) is 0.237. The highest BCUT2D eigenvalue weighted by molar-refractivity contribution is 5.35. The van der Waals surface area contributed by atoms with E-state index in [-0.39, 0.29) is 12.0 Å². The van der Waals surface area contributed by atoms with Crippen molar-refractivity contribution in [1.82, 2.24) is 5.32 Å². The molecule has 0 radical (unpaired) electrons. The van der Waals surface area contributed by atoms with Crippen LogP contribution in [0.1, 0.15) is 37.9 Å². The lowest BCUT2D eigenvalue weighted by molar-refractivity contribution is -0.0207. The lowest BCUT2D eigenvalue weighted by Gasteiger charge is -2.34. The van der Waals surface area contributed by atoms with Crippen molar-refractivity contribution in [3.63, 3.8) is 0 Å². The molecule has 2 heteroatoms. The first-order valence-corrected chi connectivity index (χ1v) is 5.57. The third-order valence-corrected chi connectivity index (χ3v) is 3.62. The van der Waals surface area contributed by atoms with Gasteiger partial charge in [0.2, 0.25) is 0 Å². The molecule has 1 aromatic rings. The highest BCUT2D eigenvalue weighted by atomic mass is 16.3. The van der Waals surface area contributed by atoms with Gasteiger partial charge in [0.1, 0.15) is 0 Å². The lowest BCUT2D eigenvalue weighted by Crippen LogP contribution is -2.42. The van der Waals surface area contributed by atoms with Gasteiger partial charge in [-0.1, -0.05) is 38.1 Å². The first-order valence-electron chi connectivity index (χ1n) is 5.57. The molecule has 0 bridgehead atoms. The highest BCUT2D eigenvalue weighted by Crippen LogP contribution is 2.37. The van der Waals surface area contributed by atoms with Gasteiger partial charge in [0, 0.05) is 6.54 Å². The molecular weight excluding hydrogens is 186 g/mol. The standard InChI is InChI=1S/C13H19NO/c1-9(2)13(3,15)12-11-7-5-4-6-10(11)8-14-12/h4-7,9,12,14-15H,8H2,1-3H3. The SMILES string of the molecule is CC(C)C(C)(O)C1NCc2ccccc21. The zero-order chi connectivity index (χ0) is 11.1. The molecule has 0 aromatic heterocycles. The summed E-state index contributed by atoms with van der Waals surface area (Å²) in [6, 6.07) is 8.38. The highest BCUT2D eigenvalue weighted by Gasteiger charge is 2.39. The molecule has 1 aromatic carbocycles. The molecule has 15 heavy (non-hydrogen) atoms. The maximum Gasteiger partial charge on any atom is 0.0836 e. The Bertz CT molecular complexity index is 357. The topological polar surface area (TPSA) is 32.3 Å². The van der Waals surface area contributed by atoms with Crippen molar-refractivity contribution in [2.75, 3.05) is 0 Å². The van der Waals surface area contributed by atoms with Crippen molar-refractivity contribution < 1.29 is 5.11 Å². The maximum atomic E-state index is 10.5. The Hall–Kier alpha value is -0.860. The molecule has 0 aliphatic carbocycles. The predicted molar refractivity (Wildman–Crippen MR) is 61.5 cm³/mol. The molecule has 2 N–H and O–H groups in total. The van der Waals surface area contributed by atoms with E-state index in [2.05, 4.69) is 31.3 Å². The van der Waals surface area contributed by atoms with E-state index in [0.29, 0.717) is 0 Å². The minimum Gasteiger partial charge on any atom is -0.388 e. The van der Waals surface area contributed by atoms with E-state index in [0.717, 1.165) is 6.54 Å². The third kappa shape index (κ3) is 1.68. The molecule has 0 spiro atoms. The fourth-order valence-corrected chi connectivity index (χ4v) is 2.15. The summed E-state index contributed by atoms with van der Waals surface area (Å²) in [5, 5.41) is 13.9. The average molecular weight is 205 g/mol. The summed E-state index contributed by atoms with van der Waals surface area (Å²) in [5.41, 5.74) is 1.87. The number of aliphatic hydroxyl groups is 1. The van der Waals surface area contributed by atoms with E-state index in [4.69, 9.17) is 0 Å². The zero-order valence-corrected chi connectivity index (χ0v) is 9.62. The van der Waals surface area contributed by atoms with Crippen molar-refractivity contribution in [2.24, 2.45) is 5.92 Å². The lowest BCUT2D eigenvalue weighted by atomic mass is 9.82. The Morgan fingerprint density at radius 3 is 2.73 bits per heavy atom. The van der Waals surface area contributed by atoms with Gasteiger partial charge in [-0.25, -0.2) is 0 Å². The van der Waals surface area contributed by atoms with Crippen molar-refractivity contribution in [3.8, 4) is 0 Å². The molecule has 82 valence electrons. The predicted octanol–water partition coefficient (Wildman–Crippen LogP) is 2.24. The second-order valence-corrected chi connectivity index (χ2v) is 4.89. The molecule has 2 atom stereocenters. The van der Waals surface area contributed by atoms with Gasteiger partial charge in [-0.3, -0.25) is 0 Å². The van der Waals surface area contributed by atoms with Gasteiger partial charge in [0.25, 0.3) is 0 Å². The van der Waals surface area contributed by atoms with Gasteiger partial charge in [0.05, 0.1) is 11.6 Å². The molecule has 1 heterocycles. The fourth-order valence-electron chi connectivity index (χ4n) is 2.15. The van der Waals surface area contributed by atoms with Gasteiger partial charge < -0.3 is 10.4 Å². The number of nitrogens with one attached hydrogen (secondary N) is 1. The van der Waals surface area contributed by atoms with E-state index in [1.54, 1.807) is 0 Å². The molecule has 0 saturated heterocycles. The first kappa shape index (κ1) is 10.7. The van der Waals surface area contributed by atoms with Crippen LogP contribution in [-0.4, -0.2) is 10.7 Å². The van der Waals surface area contributed by atoms with E-state index >= 15 is 0 Å². The number of benzene rings is 1. The summed E-state index contributed by atoms with van der Waals surface area (Å²) in [6.45, 7) is 6.90. The van der Waals surface area contributed by atoms with Gasteiger partial charge in [-0.05, 0) is 24.0 Å². The summed E-state index contributed by atoms with van der Waals surface area (Å²) < 4.78 is 0. The van der Waals surface area contributed by atoms with Crippen LogP contribution in [0.2, 0.25) is 0 Å². The van der Waals surface area contributed by atoms with E-state index < -0.39 is 5.60 Å². The Kier molecular flexibility index (Phi) is 2.57. The van der Waals surface area contributed by atoms with Crippen LogP contribution < -0.4 is 5.32 Å². The Morgan fingerprint density at radius 1 is 1.40 bits per heavy atom. The summed E-state index contributed by atoms with van der Waals surface area (Å²) in [7, 11) is 0. The number of hydrogen-bond acceptors (Lipinski definition) is 2. The Morgan fingerprint density at radius 2 is 2.07 bits per heavy atom. The molecule has 0 saturated carbocycles. The van der Waals surface area contributed by atoms with Gasteiger partial charge >= 0.3 is 0 Å². The normalized spacial score (nSPS) is 23.9. The molecule has 1 aliphatic heterocycles. The number of rotatable bonds is 2. The molecular formula is C13H19NO. The van der Waals surface area contributed by atoms with Crippen LogP contribution in [0.15, 0.2) is 24.3 Å². The van der Waals surface area contributed by atoms with Crippen molar-refractivity contribution in [1.29, 1.82) is 0 Å². The average Bonchev–Trinajstić information content (AvgIpc) is 2.61. The minimum absolute atomic E-state index is 0.0636. The summed E-state index contributed by atoms with van der Waals surface area (Å²) in [6.07, 6.45) is 0. The first-order chi connectivity index (χ1) is 7.03. The number of hydrogen-bond donors (Lipinski definition) is 2. The Labute approximate surface area is 91.3 Å². The molecule has 2 unspecified atom stereocenters. The van der Waals surface area contributed by atoms with Crippen molar-refractivity contribution >= 4 is 0 Å². The van der Waals surface area contributed by atoms with E-state index in [1.165, 1.54) is 11.1 Å². The molecule has 2 nitrogen and oxygen atoms in total. The third-order valence-electron chi connectivity index (χ3n) is 3.62. The van der Waals surface area contributed by atoms with Crippen LogP contribution in [0.3, 0.4) is 0 Å². The van der Waals surface area contributed by atoms with Crippen LogP contribution in [0.4, 0.5) is 0 Å². The fraction of sp³-hybridized carbons (Fsp3) is 0.538. The van der Waals surface area contributed by atoms with Crippen LogP contribution in [0.5, 0.6) is 0 Å². The van der Waals surface area contributed by atoms with Gasteiger partial charge in [0.15, 0.2) is 0 Å². The van der Waals surface area contributed by atoms with Gasteiger partial charge in [-0.2, -0.15) is 0 Å². The van der Waals surface area contributed by atoms with Crippen LogP contribution in [-0.2, 0) is 6.54 Å². The van der Waals surface area contributed by atoms with Crippen LogP contribution >= 0.6 is 0 Å². The number of fused-ring (bicyclic) bond motifs is 1. The Balaban J connectivity index is 2.35. The second kappa shape index (κ2) is 3.62. The van der Waals surface area contributed by atoms with Crippen LogP contribution in [0, 0.1) is 5.92 Å². The van der Waals surface area contributed by atoms with E-state index in [9.17, 15) is 5.11 Å². The quantitative estimate of drug-likeness (QED) is 0.776. The maximum absolute atomic E-state index is 10.5. The monoisotopic (exact) mass is 205 g/mol. The summed E-state index contributed by atoms with van der Waals surface area (Å²) >= 11 is 0. The largest absolute Gasteiger partial charge is 0.388 e. The van der Waals surface area contributed by atoms with Crippen LogP contribution in [0.25, 0.3) is 0 Å². The second-order valence-electron chi connectivity index (χ2n) is 4.89. The van der Waals surface area contributed by atoms with Crippen molar-refractivity contribution in [3.05, 3.63) is 35.4 Å².